The summed E-state index contributed by atoms with van der Waals surface area (Å²) in [5, 5.41) is 5.37. The monoisotopic (exact) mass is 299 g/mol. The van der Waals surface area contributed by atoms with E-state index < -0.39 is 0 Å². The molecule has 0 saturated carbocycles. The van der Waals surface area contributed by atoms with E-state index in [9.17, 15) is 0 Å². The number of hydrogen-bond donors (Lipinski definition) is 1. The minimum Gasteiger partial charge on any atom is -0.488 e. The van der Waals surface area contributed by atoms with Gasteiger partial charge in [-0.15, -0.1) is 11.3 Å². The van der Waals surface area contributed by atoms with E-state index in [1.54, 1.807) is 11.3 Å². The summed E-state index contributed by atoms with van der Waals surface area (Å²) in [6.45, 7) is 0.859. The molecular formula is C18H21NOS. The van der Waals surface area contributed by atoms with Gasteiger partial charge in [-0.1, -0.05) is 30.4 Å². The summed E-state index contributed by atoms with van der Waals surface area (Å²) in [4.78, 5) is 1.37. The van der Waals surface area contributed by atoms with Gasteiger partial charge in [-0.3, -0.25) is 0 Å². The van der Waals surface area contributed by atoms with Crippen molar-refractivity contribution in [1.82, 2.24) is 5.32 Å². The molecule has 2 nitrogen and oxygen atoms in total. The van der Waals surface area contributed by atoms with Crippen molar-refractivity contribution in [3.05, 3.63) is 63.9 Å². The van der Waals surface area contributed by atoms with Crippen LogP contribution in [0.25, 0.3) is 0 Å². The van der Waals surface area contributed by atoms with Gasteiger partial charge in [-0.05, 0) is 43.0 Å². The number of hydrogen-bond acceptors (Lipinski definition) is 3. The van der Waals surface area contributed by atoms with Gasteiger partial charge in [0, 0.05) is 23.4 Å². The summed E-state index contributed by atoms with van der Waals surface area (Å²) < 4.78 is 6.34. The van der Waals surface area contributed by atoms with Crippen molar-refractivity contribution in [2.75, 3.05) is 13.6 Å². The van der Waals surface area contributed by atoms with E-state index >= 15 is 0 Å². The molecule has 21 heavy (non-hydrogen) atoms. The summed E-state index contributed by atoms with van der Waals surface area (Å²) in [7, 11) is 1.98. The van der Waals surface area contributed by atoms with Gasteiger partial charge in [0.2, 0.25) is 0 Å². The van der Waals surface area contributed by atoms with Crippen LogP contribution in [0.1, 0.15) is 16.0 Å². The largest absolute Gasteiger partial charge is 0.488 e. The second-order valence-electron chi connectivity index (χ2n) is 5.35. The van der Waals surface area contributed by atoms with Crippen LogP contribution in [0.4, 0.5) is 0 Å². The third-order valence-electron chi connectivity index (χ3n) is 3.79. The fourth-order valence-corrected chi connectivity index (χ4v) is 3.54. The highest BCUT2D eigenvalue weighted by Gasteiger charge is 2.16. The highest BCUT2D eigenvalue weighted by atomic mass is 32.1. The number of nitrogens with one attached hydrogen (secondary N) is 1. The average molecular weight is 299 g/mol. The van der Waals surface area contributed by atoms with Gasteiger partial charge < -0.3 is 10.1 Å². The van der Waals surface area contributed by atoms with Gasteiger partial charge >= 0.3 is 0 Å². The van der Waals surface area contributed by atoms with E-state index in [0.29, 0.717) is 0 Å². The molecule has 0 amide bonds. The molecule has 0 radical (unpaired) electrons. The van der Waals surface area contributed by atoms with E-state index in [4.69, 9.17) is 4.74 Å². The zero-order valence-electron chi connectivity index (χ0n) is 12.3. The van der Waals surface area contributed by atoms with Crippen LogP contribution in [0.2, 0.25) is 0 Å². The SMILES string of the molecule is CNC[C@H](Cc1cccs1)Oc1cccc2c1CC=CC2. The Labute approximate surface area is 130 Å². The molecule has 0 unspecified atom stereocenters. The second kappa shape index (κ2) is 6.92. The zero-order valence-corrected chi connectivity index (χ0v) is 13.2. The Morgan fingerprint density at radius 1 is 1.19 bits per heavy atom. The van der Waals surface area contributed by atoms with E-state index in [-0.39, 0.29) is 6.10 Å². The molecule has 0 fully saturated rings. The van der Waals surface area contributed by atoms with Crippen LogP contribution in [0.5, 0.6) is 5.75 Å². The number of thiophene rings is 1. The van der Waals surface area contributed by atoms with Crippen molar-refractivity contribution in [2.24, 2.45) is 0 Å². The molecule has 1 atom stereocenters. The van der Waals surface area contributed by atoms with Gasteiger partial charge in [0.05, 0.1) is 0 Å². The van der Waals surface area contributed by atoms with Gasteiger partial charge in [-0.2, -0.15) is 0 Å². The molecule has 1 aliphatic rings. The maximum Gasteiger partial charge on any atom is 0.123 e. The number of rotatable bonds is 6. The number of likely N-dealkylation sites (N-methyl/N-ethyl adjacent to an activating group) is 1. The van der Waals surface area contributed by atoms with Crippen LogP contribution in [0.15, 0.2) is 47.9 Å². The number of benzene rings is 1. The van der Waals surface area contributed by atoms with Gasteiger partial charge in [-0.25, -0.2) is 0 Å². The van der Waals surface area contributed by atoms with Crippen LogP contribution < -0.4 is 10.1 Å². The number of allylic oxidation sites excluding steroid dienone is 2. The Morgan fingerprint density at radius 2 is 2.10 bits per heavy atom. The summed E-state index contributed by atoms with van der Waals surface area (Å²) in [5.74, 6) is 1.05. The zero-order chi connectivity index (χ0) is 14.5. The predicted molar refractivity (Wildman–Crippen MR) is 89.4 cm³/mol. The van der Waals surface area contributed by atoms with Crippen molar-refractivity contribution >= 4 is 11.3 Å². The van der Waals surface area contributed by atoms with Crippen molar-refractivity contribution in [3.8, 4) is 5.75 Å². The fourth-order valence-electron chi connectivity index (χ4n) is 2.77. The normalized spacial score (nSPS) is 14.7. The lowest BCUT2D eigenvalue weighted by atomic mass is 9.96. The molecule has 0 bridgehead atoms. The van der Waals surface area contributed by atoms with Crippen LogP contribution in [0.3, 0.4) is 0 Å². The summed E-state index contributed by atoms with van der Waals surface area (Å²) in [5.41, 5.74) is 2.75. The molecule has 0 saturated heterocycles. The molecule has 110 valence electrons. The lowest BCUT2D eigenvalue weighted by molar-refractivity contribution is 0.200. The van der Waals surface area contributed by atoms with Crippen molar-refractivity contribution < 1.29 is 4.74 Å². The third kappa shape index (κ3) is 3.55. The quantitative estimate of drug-likeness (QED) is 0.823. The fraction of sp³-hybridized carbons (Fsp3) is 0.333. The first-order valence-corrected chi connectivity index (χ1v) is 8.34. The lowest BCUT2D eigenvalue weighted by Crippen LogP contribution is -2.31. The first-order valence-electron chi connectivity index (χ1n) is 7.46. The van der Waals surface area contributed by atoms with Crippen molar-refractivity contribution in [2.45, 2.75) is 25.4 Å². The molecule has 3 rings (SSSR count). The summed E-state index contributed by atoms with van der Waals surface area (Å²) >= 11 is 1.80. The standard InChI is InChI=1S/C18H21NOS/c1-19-13-15(12-16-8-5-11-21-16)20-18-10-4-7-14-6-2-3-9-17(14)18/h2-5,7-8,10-11,15,19H,6,9,12-13H2,1H3/t15-/m0/s1. The maximum atomic E-state index is 6.34. The predicted octanol–water partition coefficient (Wildman–Crippen LogP) is 3.61. The first-order chi connectivity index (χ1) is 10.4. The minimum absolute atomic E-state index is 0.172. The molecule has 3 heteroatoms. The van der Waals surface area contributed by atoms with E-state index in [1.807, 2.05) is 7.05 Å². The van der Waals surface area contributed by atoms with Gasteiger partial charge in [0.25, 0.3) is 0 Å². The Morgan fingerprint density at radius 3 is 2.90 bits per heavy atom. The molecule has 1 N–H and O–H groups in total. The van der Waals surface area contributed by atoms with Gasteiger partial charge in [0.15, 0.2) is 0 Å². The van der Waals surface area contributed by atoms with Crippen LogP contribution in [-0.4, -0.2) is 19.7 Å². The van der Waals surface area contributed by atoms with E-state index in [0.717, 1.165) is 31.6 Å². The summed E-state index contributed by atoms with van der Waals surface area (Å²) in [6, 6.07) is 10.7. The molecule has 0 aliphatic heterocycles. The minimum atomic E-state index is 0.172. The molecule has 0 spiro atoms. The molecule has 1 aliphatic carbocycles. The molecule has 1 aromatic carbocycles. The van der Waals surface area contributed by atoms with Crippen LogP contribution >= 0.6 is 11.3 Å². The van der Waals surface area contributed by atoms with E-state index in [2.05, 4.69) is 53.2 Å². The third-order valence-corrected chi connectivity index (χ3v) is 4.69. The molecule has 2 aromatic rings. The Kier molecular flexibility index (Phi) is 4.73. The van der Waals surface area contributed by atoms with Crippen molar-refractivity contribution in [3.63, 3.8) is 0 Å². The molecule has 1 aromatic heterocycles. The number of ether oxygens (including phenoxy) is 1. The average Bonchev–Trinajstić information content (AvgIpc) is 3.01. The van der Waals surface area contributed by atoms with Crippen LogP contribution in [0, 0.1) is 0 Å². The molecule has 1 heterocycles. The van der Waals surface area contributed by atoms with E-state index in [1.165, 1.54) is 16.0 Å². The lowest BCUT2D eigenvalue weighted by Gasteiger charge is -2.22. The van der Waals surface area contributed by atoms with Gasteiger partial charge in [0.1, 0.15) is 11.9 Å². The number of fused-ring (bicyclic) bond motifs is 1. The second-order valence-corrected chi connectivity index (χ2v) is 6.39. The Balaban J connectivity index is 1.77. The highest BCUT2D eigenvalue weighted by Crippen LogP contribution is 2.28. The summed E-state index contributed by atoms with van der Waals surface area (Å²) in [6.07, 6.45) is 7.61. The highest BCUT2D eigenvalue weighted by molar-refractivity contribution is 7.09. The first kappa shape index (κ1) is 14.4. The van der Waals surface area contributed by atoms with Crippen molar-refractivity contribution in [1.29, 1.82) is 0 Å². The van der Waals surface area contributed by atoms with Crippen LogP contribution in [-0.2, 0) is 19.3 Å². The Hall–Kier alpha value is -1.58. The topological polar surface area (TPSA) is 21.3 Å². The Bertz CT molecular complexity index is 604. The smallest absolute Gasteiger partial charge is 0.123 e. The maximum absolute atomic E-state index is 6.34. The molecular weight excluding hydrogens is 278 g/mol.